The van der Waals surface area contributed by atoms with E-state index in [9.17, 15) is 4.79 Å². The summed E-state index contributed by atoms with van der Waals surface area (Å²) in [5.41, 5.74) is 2.28. The number of hydrogen-bond acceptors (Lipinski definition) is 4. The Balaban J connectivity index is 1.92. The monoisotopic (exact) mass is 405 g/mol. The summed E-state index contributed by atoms with van der Waals surface area (Å²) in [4.78, 5) is 22.9. The van der Waals surface area contributed by atoms with Crippen molar-refractivity contribution in [2.75, 3.05) is 13.1 Å². The molecule has 4 nitrogen and oxygen atoms in total. The average molecular weight is 406 g/mol. The molecule has 4 aromatic rings. The van der Waals surface area contributed by atoms with Crippen molar-refractivity contribution in [3.8, 4) is 0 Å². The lowest BCUT2D eigenvalue weighted by Crippen LogP contribution is -2.31. The lowest BCUT2D eigenvalue weighted by Gasteiger charge is -2.21. The molecule has 150 valence electrons. The summed E-state index contributed by atoms with van der Waals surface area (Å²) in [7, 11) is 0. The minimum atomic E-state index is 0.0759. The van der Waals surface area contributed by atoms with Crippen LogP contribution < -0.4 is 5.56 Å². The van der Waals surface area contributed by atoms with Crippen LogP contribution in [0.15, 0.2) is 47.3 Å². The van der Waals surface area contributed by atoms with Gasteiger partial charge in [0, 0.05) is 4.88 Å². The van der Waals surface area contributed by atoms with Crippen LogP contribution in [0.3, 0.4) is 0 Å². The van der Waals surface area contributed by atoms with Crippen LogP contribution in [0.25, 0.3) is 21.0 Å². The highest BCUT2D eigenvalue weighted by Gasteiger charge is 2.18. The second-order valence-electron chi connectivity index (χ2n) is 7.48. The van der Waals surface area contributed by atoms with Gasteiger partial charge in [-0.05, 0) is 48.8 Å². The normalized spacial score (nSPS) is 11.8. The summed E-state index contributed by atoms with van der Waals surface area (Å²) in [6.45, 7) is 11.5. The summed E-state index contributed by atoms with van der Waals surface area (Å²) in [5.74, 6) is 0.848. The van der Waals surface area contributed by atoms with Crippen molar-refractivity contribution in [3.63, 3.8) is 0 Å². The molecule has 4 rings (SSSR count). The molecule has 0 aliphatic rings. The van der Waals surface area contributed by atoms with Crippen molar-refractivity contribution >= 4 is 32.3 Å². The molecule has 0 aliphatic carbocycles. The summed E-state index contributed by atoms with van der Waals surface area (Å²) in [6.07, 6.45) is 0. The molecular formula is C24H27N3OS. The Kier molecular flexibility index (Phi) is 5.52. The Morgan fingerprint density at radius 3 is 2.52 bits per heavy atom. The van der Waals surface area contributed by atoms with Crippen molar-refractivity contribution in [1.29, 1.82) is 0 Å². The fourth-order valence-corrected chi connectivity index (χ4v) is 4.94. The third-order valence-corrected chi connectivity index (χ3v) is 6.94. The number of thiophene rings is 1. The van der Waals surface area contributed by atoms with Gasteiger partial charge in [0.25, 0.3) is 5.56 Å². The Morgan fingerprint density at radius 1 is 1.03 bits per heavy atom. The van der Waals surface area contributed by atoms with E-state index >= 15 is 0 Å². The van der Waals surface area contributed by atoms with Gasteiger partial charge in [0.15, 0.2) is 0 Å². The quantitative estimate of drug-likeness (QED) is 0.447. The molecule has 2 aromatic carbocycles. The van der Waals surface area contributed by atoms with E-state index in [1.54, 1.807) is 11.3 Å². The predicted octanol–water partition coefficient (Wildman–Crippen LogP) is 5.12. The summed E-state index contributed by atoms with van der Waals surface area (Å²) in [6, 6.07) is 14.7. The van der Waals surface area contributed by atoms with Gasteiger partial charge in [0.1, 0.15) is 10.7 Å². The molecule has 0 aliphatic heterocycles. The van der Waals surface area contributed by atoms with Crippen molar-refractivity contribution in [1.82, 2.24) is 14.5 Å². The number of nitrogens with zero attached hydrogens (tertiary/aromatic N) is 3. The van der Waals surface area contributed by atoms with Gasteiger partial charge in [-0.2, -0.15) is 0 Å². The molecular weight excluding hydrogens is 378 g/mol. The number of aryl methyl sites for hydroxylation is 2. The van der Waals surface area contributed by atoms with Gasteiger partial charge >= 0.3 is 0 Å². The third-order valence-electron chi connectivity index (χ3n) is 5.84. The number of benzene rings is 2. The van der Waals surface area contributed by atoms with Crippen LogP contribution in [0, 0.1) is 13.8 Å². The Bertz CT molecular complexity index is 1230. The highest BCUT2D eigenvalue weighted by atomic mass is 32.1. The summed E-state index contributed by atoms with van der Waals surface area (Å²) in [5, 5.41) is 3.16. The zero-order valence-corrected chi connectivity index (χ0v) is 18.3. The first kappa shape index (κ1) is 19.8. The minimum absolute atomic E-state index is 0.0759. The molecule has 0 unspecified atom stereocenters. The van der Waals surface area contributed by atoms with Crippen LogP contribution in [0.5, 0.6) is 0 Å². The average Bonchev–Trinajstić information content (AvgIpc) is 3.02. The molecule has 2 aromatic heterocycles. The fourth-order valence-electron chi connectivity index (χ4n) is 3.90. The Hall–Kier alpha value is -2.50. The maximum atomic E-state index is 13.6. The molecule has 0 N–H and O–H groups in total. The van der Waals surface area contributed by atoms with Gasteiger partial charge in [-0.25, -0.2) is 4.98 Å². The Morgan fingerprint density at radius 2 is 1.76 bits per heavy atom. The van der Waals surface area contributed by atoms with E-state index < -0.39 is 0 Å². The highest BCUT2D eigenvalue weighted by Crippen LogP contribution is 2.27. The molecule has 29 heavy (non-hydrogen) atoms. The number of fused-ring (bicyclic) bond motifs is 2. The summed E-state index contributed by atoms with van der Waals surface area (Å²) < 4.78 is 1.89. The predicted molar refractivity (Wildman–Crippen MR) is 123 cm³/mol. The molecule has 0 amide bonds. The number of aromatic nitrogens is 2. The molecule has 0 fully saturated rings. The van der Waals surface area contributed by atoms with E-state index in [-0.39, 0.29) is 5.56 Å². The standard InChI is InChI=1S/C24H27N3OS/c1-5-26(6-2)15-21-25-23-22(16(3)17(4)29-23)24(28)27(21)14-19-12-9-11-18-10-7-8-13-20(18)19/h7-13H,5-6,14-15H2,1-4H3. The second kappa shape index (κ2) is 8.09. The van der Waals surface area contributed by atoms with Crippen molar-refractivity contribution < 1.29 is 0 Å². The first-order chi connectivity index (χ1) is 14.0. The first-order valence-corrected chi connectivity index (χ1v) is 11.0. The van der Waals surface area contributed by atoms with Gasteiger partial charge in [0.05, 0.1) is 18.5 Å². The lowest BCUT2D eigenvalue weighted by atomic mass is 10.0. The van der Waals surface area contributed by atoms with Crippen LogP contribution in [0.2, 0.25) is 0 Å². The van der Waals surface area contributed by atoms with E-state index in [1.165, 1.54) is 15.6 Å². The van der Waals surface area contributed by atoms with Gasteiger partial charge in [-0.1, -0.05) is 56.3 Å². The molecule has 0 saturated carbocycles. The lowest BCUT2D eigenvalue weighted by molar-refractivity contribution is 0.282. The highest BCUT2D eigenvalue weighted by molar-refractivity contribution is 7.18. The van der Waals surface area contributed by atoms with E-state index in [0.29, 0.717) is 13.1 Å². The smallest absolute Gasteiger partial charge is 0.262 e. The molecule has 0 atom stereocenters. The van der Waals surface area contributed by atoms with E-state index in [2.05, 4.69) is 68.1 Å². The molecule has 0 radical (unpaired) electrons. The van der Waals surface area contributed by atoms with Crippen LogP contribution >= 0.6 is 11.3 Å². The van der Waals surface area contributed by atoms with Crippen molar-refractivity contribution in [3.05, 3.63) is 74.6 Å². The van der Waals surface area contributed by atoms with E-state index in [4.69, 9.17) is 4.98 Å². The third kappa shape index (κ3) is 3.61. The SMILES string of the molecule is CCN(CC)Cc1nc2sc(C)c(C)c2c(=O)n1Cc1cccc2ccccc12. The van der Waals surface area contributed by atoms with Crippen LogP contribution in [0.1, 0.15) is 35.7 Å². The zero-order valence-electron chi connectivity index (χ0n) is 17.5. The van der Waals surface area contributed by atoms with E-state index in [1.807, 2.05) is 11.5 Å². The van der Waals surface area contributed by atoms with Crippen LogP contribution in [-0.2, 0) is 13.1 Å². The van der Waals surface area contributed by atoms with Gasteiger partial charge in [-0.15, -0.1) is 11.3 Å². The van der Waals surface area contributed by atoms with Gasteiger partial charge in [0.2, 0.25) is 0 Å². The number of rotatable bonds is 6. The second-order valence-corrected chi connectivity index (χ2v) is 8.69. The molecule has 0 spiro atoms. The largest absolute Gasteiger partial charge is 0.297 e. The topological polar surface area (TPSA) is 38.1 Å². The van der Waals surface area contributed by atoms with Gasteiger partial charge in [-0.3, -0.25) is 14.3 Å². The molecule has 0 bridgehead atoms. The zero-order chi connectivity index (χ0) is 20.5. The molecule has 2 heterocycles. The maximum absolute atomic E-state index is 13.6. The molecule has 0 saturated heterocycles. The van der Waals surface area contributed by atoms with E-state index in [0.717, 1.165) is 40.3 Å². The summed E-state index contributed by atoms with van der Waals surface area (Å²) >= 11 is 1.62. The van der Waals surface area contributed by atoms with Crippen LogP contribution in [-0.4, -0.2) is 27.5 Å². The molecule has 5 heteroatoms. The number of hydrogen-bond donors (Lipinski definition) is 0. The van der Waals surface area contributed by atoms with Crippen molar-refractivity contribution in [2.24, 2.45) is 0 Å². The van der Waals surface area contributed by atoms with Crippen LogP contribution in [0.4, 0.5) is 0 Å². The van der Waals surface area contributed by atoms with Crippen molar-refractivity contribution in [2.45, 2.75) is 40.8 Å². The minimum Gasteiger partial charge on any atom is -0.297 e. The maximum Gasteiger partial charge on any atom is 0.262 e. The fraction of sp³-hybridized carbons (Fsp3) is 0.333. The first-order valence-electron chi connectivity index (χ1n) is 10.2. The van der Waals surface area contributed by atoms with Gasteiger partial charge < -0.3 is 0 Å². The Labute approximate surface area is 175 Å².